The molecule has 0 radical (unpaired) electrons. The number of carbonyl (C=O) groups excluding carboxylic acids is 1. The second-order valence-electron chi connectivity index (χ2n) is 11.4. The number of hydrogen-bond donors (Lipinski definition) is 0. The molecule has 2 fully saturated rings. The first-order valence-electron chi connectivity index (χ1n) is 13.7. The summed E-state index contributed by atoms with van der Waals surface area (Å²) >= 11 is 0. The first-order valence-corrected chi connectivity index (χ1v) is 13.7. The van der Waals surface area contributed by atoms with Gasteiger partial charge < -0.3 is 9.47 Å². The largest absolute Gasteiger partial charge is 0.340 e. The average Bonchev–Trinajstić information content (AvgIpc) is 3.67. The number of fused-ring (bicyclic) bond motifs is 2. The minimum absolute atomic E-state index is 0.214. The summed E-state index contributed by atoms with van der Waals surface area (Å²) < 4.78 is 2.05. The van der Waals surface area contributed by atoms with Gasteiger partial charge in [0.1, 0.15) is 5.82 Å². The van der Waals surface area contributed by atoms with Gasteiger partial charge in [0, 0.05) is 61.9 Å². The van der Waals surface area contributed by atoms with Crippen molar-refractivity contribution in [2.24, 2.45) is 5.41 Å². The molecule has 1 aliphatic carbocycles. The number of aromatic nitrogens is 4. The Morgan fingerprint density at radius 2 is 1.71 bits per heavy atom. The third-order valence-electron chi connectivity index (χ3n) is 9.24. The van der Waals surface area contributed by atoms with Gasteiger partial charge in [-0.25, -0.2) is 15.0 Å². The number of benzene rings is 2. The zero-order chi connectivity index (χ0) is 25.3. The Hall–Kier alpha value is -3.84. The molecule has 7 heteroatoms. The van der Waals surface area contributed by atoms with E-state index in [2.05, 4.69) is 54.7 Å². The highest BCUT2D eigenvalue weighted by atomic mass is 16.2. The second kappa shape index (κ2) is 8.33. The van der Waals surface area contributed by atoms with Crippen LogP contribution in [-0.2, 0) is 11.2 Å². The Labute approximate surface area is 222 Å². The lowest BCUT2D eigenvalue weighted by Crippen LogP contribution is -2.61. The molecule has 4 aromatic rings. The third-order valence-corrected chi connectivity index (χ3v) is 9.24. The predicted molar refractivity (Wildman–Crippen MR) is 144 cm³/mol. The van der Waals surface area contributed by atoms with Crippen LogP contribution in [0.5, 0.6) is 0 Å². The van der Waals surface area contributed by atoms with E-state index in [1.54, 1.807) is 12.4 Å². The van der Waals surface area contributed by atoms with Crippen LogP contribution >= 0.6 is 0 Å². The summed E-state index contributed by atoms with van der Waals surface area (Å²) in [7, 11) is 0. The van der Waals surface area contributed by atoms with Crippen molar-refractivity contribution in [3.05, 3.63) is 90.0 Å². The van der Waals surface area contributed by atoms with Crippen molar-refractivity contribution < 1.29 is 4.79 Å². The molecular formula is C31H30N6O. The maximum Gasteiger partial charge on any atom is 0.252 e. The SMILES string of the molecule is O=C(C1c2cn1c(-c1ccccc1)n2)N1CCC2(CC1)CN(C1CCc3cc(-c4ncccn4)ccc31)C2. The van der Waals surface area contributed by atoms with Gasteiger partial charge in [-0.3, -0.25) is 9.69 Å². The maximum atomic E-state index is 13.4. The van der Waals surface area contributed by atoms with Crippen LogP contribution in [0.3, 0.4) is 0 Å². The number of carbonyl (C=O) groups is 1. The van der Waals surface area contributed by atoms with E-state index in [0.29, 0.717) is 11.5 Å². The van der Waals surface area contributed by atoms with Crippen molar-refractivity contribution in [3.8, 4) is 22.8 Å². The molecule has 190 valence electrons. The van der Waals surface area contributed by atoms with Crippen LogP contribution < -0.4 is 0 Å². The number of imidazole rings is 1. The second-order valence-corrected chi connectivity index (χ2v) is 11.4. The van der Waals surface area contributed by atoms with Crippen LogP contribution in [0, 0.1) is 5.41 Å². The fourth-order valence-corrected chi connectivity index (χ4v) is 7.14. The van der Waals surface area contributed by atoms with Gasteiger partial charge in [-0.05, 0) is 54.4 Å². The summed E-state index contributed by atoms with van der Waals surface area (Å²) in [5.41, 5.74) is 6.36. The molecule has 0 N–H and O–H groups in total. The summed E-state index contributed by atoms with van der Waals surface area (Å²) in [6.45, 7) is 3.99. The highest BCUT2D eigenvalue weighted by Gasteiger charge is 2.49. The van der Waals surface area contributed by atoms with Crippen molar-refractivity contribution in [3.63, 3.8) is 0 Å². The molecule has 2 bridgehead atoms. The number of likely N-dealkylation sites (tertiary alicyclic amines) is 2. The summed E-state index contributed by atoms with van der Waals surface area (Å²) in [5.74, 6) is 1.92. The normalized spacial score (nSPS) is 23.1. The monoisotopic (exact) mass is 502 g/mol. The van der Waals surface area contributed by atoms with Crippen molar-refractivity contribution in [2.75, 3.05) is 26.2 Å². The molecular weight excluding hydrogens is 472 g/mol. The highest BCUT2D eigenvalue weighted by Crippen LogP contribution is 2.48. The van der Waals surface area contributed by atoms with Gasteiger partial charge in [0.15, 0.2) is 11.9 Å². The first kappa shape index (κ1) is 22.2. The quantitative estimate of drug-likeness (QED) is 0.411. The third kappa shape index (κ3) is 3.38. The van der Waals surface area contributed by atoms with Crippen LogP contribution in [0.25, 0.3) is 22.8 Å². The van der Waals surface area contributed by atoms with E-state index in [4.69, 9.17) is 4.98 Å². The van der Waals surface area contributed by atoms with E-state index in [1.165, 1.54) is 17.5 Å². The van der Waals surface area contributed by atoms with Crippen molar-refractivity contribution >= 4 is 5.91 Å². The van der Waals surface area contributed by atoms with E-state index in [1.807, 2.05) is 30.5 Å². The van der Waals surface area contributed by atoms with Gasteiger partial charge in [-0.15, -0.1) is 0 Å². The van der Waals surface area contributed by atoms with Crippen molar-refractivity contribution in [1.82, 2.24) is 29.3 Å². The molecule has 2 atom stereocenters. The topological polar surface area (TPSA) is 67.2 Å². The maximum absolute atomic E-state index is 13.4. The molecule has 38 heavy (non-hydrogen) atoms. The van der Waals surface area contributed by atoms with Crippen molar-refractivity contribution in [1.29, 1.82) is 0 Å². The Kier molecular flexibility index (Phi) is 4.86. The lowest BCUT2D eigenvalue weighted by Gasteiger charge is -2.56. The molecule has 6 heterocycles. The van der Waals surface area contributed by atoms with Crippen LogP contribution in [0.4, 0.5) is 0 Å². The van der Waals surface area contributed by atoms with Crippen LogP contribution in [0.2, 0.25) is 0 Å². The standard InChI is InChI=1S/C31H30N6O/c38-30(27-25-18-37(27)29(34-25)21-5-2-1-3-6-21)35-15-11-31(12-16-35)19-36(20-31)26-10-8-22-17-23(7-9-24(22)26)28-32-13-4-14-33-28/h1-7,9,13-14,17-18,26-27H,8,10-12,15-16,19-20H2. The fourth-order valence-electron chi connectivity index (χ4n) is 7.14. The Morgan fingerprint density at radius 1 is 0.921 bits per heavy atom. The molecule has 2 aromatic heterocycles. The lowest BCUT2D eigenvalue weighted by atomic mass is 9.71. The average molecular weight is 503 g/mol. The molecule has 2 unspecified atom stereocenters. The Bertz CT molecular complexity index is 1510. The van der Waals surface area contributed by atoms with Crippen LogP contribution in [-0.4, -0.2) is 61.4 Å². The van der Waals surface area contributed by atoms with Gasteiger partial charge in [0.25, 0.3) is 5.91 Å². The minimum Gasteiger partial charge on any atom is -0.340 e. The Balaban J connectivity index is 0.893. The zero-order valence-corrected chi connectivity index (χ0v) is 21.3. The van der Waals surface area contributed by atoms with Gasteiger partial charge in [-0.2, -0.15) is 0 Å². The summed E-state index contributed by atoms with van der Waals surface area (Å²) in [4.78, 5) is 31.7. The number of piperidine rings is 1. The van der Waals surface area contributed by atoms with E-state index >= 15 is 0 Å². The number of hydrogen-bond acceptors (Lipinski definition) is 5. The number of rotatable bonds is 4. The van der Waals surface area contributed by atoms with Gasteiger partial charge >= 0.3 is 0 Å². The zero-order valence-electron chi connectivity index (χ0n) is 21.3. The summed E-state index contributed by atoms with van der Waals surface area (Å²) in [6, 6.07) is 19.1. The first-order chi connectivity index (χ1) is 18.7. The van der Waals surface area contributed by atoms with E-state index in [0.717, 1.165) is 73.9 Å². The summed E-state index contributed by atoms with van der Waals surface area (Å²) in [5, 5.41) is 0. The molecule has 1 amide bonds. The van der Waals surface area contributed by atoms with Crippen LogP contribution in [0.1, 0.15) is 48.2 Å². The molecule has 9 rings (SSSR count). The number of nitrogens with zero attached hydrogens (tertiary/aromatic N) is 6. The fraction of sp³-hybridized carbons (Fsp3) is 0.355. The van der Waals surface area contributed by atoms with Crippen molar-refractivity contribution in [2.45, 2.75) is 37.8 Å². The Morgan fingerprint density at radius 3 is 2.50 bits per heavy atom. The van der Waals surface area contributed by atoms with Gasteiger partial charge in [-0.1, -0.05) is 42.5 Å². The molecule has 2 aromatic carbocycles. The highest BCUT2D eigenvalue weighted by molar-refractivity contribution is 5.86. The molecule has 2 saturated heterocycles. The van der Waals surface area contributed by atoms with E-state index in [9.17, 15) is 4.79 Å². The van der Waals surface area contributed by atoms with Gasteiger partial charge in [0.05, 0.1) is 5.69 Å². The molecule has 5 aliphatic rings. The van der Waals surface area contributed by atoms with E-state index < -0.39 is 0 Å². The molecule has 0 saturated carbocycles. The number of aryl methyl sites for hydroxylation is 1. The predicted octanol–water partition coefficient (Wildman–Crippen LogP) is 4.52. The lowest BCUT2D eigenvalue weighted by molar-refractivity contribution is -0.140. The van der Waals surface area contributed by atoms with E-state index in [-0.39, 0.29) is 11.9 Å². The smallest absolute Gasteiger partial charge is 0.252 e. The van der Waals surface area contributed by atoms with Gasteiger partial charge in [0.2, 0.25) is 0 Å². The molecule has 1 spiro atoms. The molecule has 7 nitrogen and oxygen atoms in total. The number of amides is 1. The molecule has 4 aliphatic heterocycles. The minimum atomic E-state index is -0.224. The summed E-state index contributed by atoms with van der Waals surface area (Å²) in [6.07, 6.45) is 10.1. The van der Waals surface area contributed by atoms with Crippen LogP contribution in [0.15, 0.2) is 73.2 Å².